The van der Waals surface area contributed by atoms with Crippen molar-refractivity contribution in [2.75, 3.05) is 0 Å². The van der Waals surface area contributed by atoms with Gasteiger partial charge in [-0.2, -0.15) is 0 Å². The first-order chi connectivity index (χ1) is 8.33. The van der Waals surface area contributed by atoms with Crippen molar-refractivity contribution in [3.05, 3.63) is 36.7 Å². The third-order valence-corrected chi connectivity index (χ3v) is 3.47. The lowest BCUT2D eigenvalue weighted by atomic mass is 10.2. The molecule has 1 aliphatic carbocycles. The summed E-state index contributed by atoms with van der Waals surface area (Å²) in [5, 5.41) is 5.29. The molecule has 3 rings (SSSR count). The fourth-order valence-electron chi connectivity index (χ4n) is 2.52. The highest BCUT2D eigenvalue weighted by Crippen LogP contribution is 2.18. The van der Waals surface area contributed by atoms with E-state index in [2.05, 4.69) is 5.32 Å². The summed E-state index contributed by atoms with van der Waals surface area (Å²) in [5.41, 5.74) is 0. The van der Waals surface area contributed by atoms with Crippen LogP contribution in [-0.4, -0.2) is 16.6 Å². The van der Waals surface area contributed by atoms with Crippen molar-refractivity contribution in [2.24, 2.45) is 0 Å². The molecule has 1 saturated carbocycles. The third-order valence-electron chi connectivity index (χ3n) is 3.47. The monoisotopic (exact) mass is 229 g/mol. The molecule has 17 heavy (non-hydrogen) atoms. The van der Waals surface area contributed by atoms with Gasteiger partial charge in [-0.3, -0.25) is 4.57 Å². The highest BCUT2D eigenvalue weighted by molar-refractivity contribution is 5.88. The number of aromatic nitrogens is 1. The molecule has 1 heterocycles. The second-order valence-electron chi connectivity index (χ2n) is 4.73. The molecule has 1 aromatic carbocycles. The van der Waals surface area contributed by atoms with Gasteiger partial charge in [0.15, 0.2) is 0 Å². The van der Waals surface area contributed by atoms with E-state index in [-0.39, 0.29) is 7.46 Å². The summed E-state index contributed by atoms with van der Waals surface area (Å²) in [6.45, 7) is 0. The number of benzene rings is 1. The molecule has 3 nitrogen and oxygen atoms in total. The van der Waals surface area contributed by atoms with Gasteiger partial charge < -0.3 is 5.32 Å². The van der Waals surface area contributed by atoms with Crippen LogP contribution in [-0.2, 0) is 0 Å². The Morgan fingerprint density at radius 1 is 1.18 bits per heavy atom. The van der Waals surface area contributed by atoms with E-state index in [1.54, 1.807) is 4.57 Å². The molecule has 0 atom stereocenters. The molecular formula is C14H17N2O+. The van der Waals surface area contributed by atoms with E-state index in [1.807, 2.05) is 36.7 Å². The molecule has 0 spiro atoms. The van der Waals surface area contributed by atoms with Gasteiger partial charge in [-0.1, -0.05) is 37.1 Å². The van der Waals surface area contributed by atoms with E-state index < -0.39 is 0 Å². The van der Waals surface area contributed by atoms with Gasteiger partial charge in [-0.05, 0) is 23.6 Å². The maximum Gasteiger partial charge on any atom is 1.00 e. The quantitative estimate of drug-likeness (QED) is 0.800. The third kappa shape index (κ3) is 2.05. The molecule has 88 valence electrons. The van der Waals surface area contributed by atoms with Crippen molar-refractivity contribution in [2.45, 2.75) is 31.7 Å². The second kappa shape index (κ2) is 4.24. The van der Waals surface area contributed by atoms with Crippen molar-refractivity contribution < 1.29 is 6.22 Å². The zero-order valence-electron chi connectivity index (χ0n) is 10.7. The highest BCUT2D eigenvalue weighted by atomic mass is 16.2. The number of carbonyl (C=O) groups is 1. The predicted octanol–water partition coefficient (Wildman–Crippen LogP) is 3.25. The summed E-state index contributed by atoms with van der Waals surface area (Å²) in [4.78, 5) is 12.0. The Bertz CT molecular complexity index is 510. The van der Waals surface area contributed by atoms with Crippen molar-refractivity contribution >= 4 is 16.8 Å². The van der Waals surface area contributed by atoms with Gasteiger partial charge >= 0.3 is 7.46 Å². The molecule has 1 aromatic heterocycles. The zero-order chi connectivity index (χ0) is 11.7. The maximum atomic E-state index is 12.0. The number of fused-ring (bicyclic) bond motifs is 1. The lowest BCUT2D eigenvalue weighted by Crippen LogP contribution is -2.35. The number of nitrogens with zero attached hydrogens (tertiary/aromatic N) is 1. The van der Waals surface area contributed by atoms with E-state index in [9.17, 15) is 4.79 Å². The summed E-state index contributed by atoms with van der Waals surface area (Å²) in [6, 6.07) is 8.38. The van der Waals surface area contributed by atoms with E-state index >= 15 is 0 Å². The van der Waals surface area contributed by atoms with Gasteiger partial charge in [0, 0.05) is 18.4 Å². The molecule has 0 bridgehead atoms. The lowest BCUT2D eigenvalue weighted by molar-refractivity contribution is 0.239. The largest absolute Gasteiger partial charge is 1.00 e. The molecule has 0 radical (unpaired) electrons. The van der Waals surface area contributed by atoms with E-state index in [1.165, 1.54) is 12.8 Å². The number of rotatable bonds is 1. The minimum atomic E-state index is -0.00639. The Kier molecular flexibility index (Phi) is 2.59. The van der Waals surface area contributed by atoms with Crippen LogP contribution in [0.2, 0.25) is 0 Å². The SMILES string of the molecule is O=C(NC1CCCC1)n1cc2ccccc2c1.[H+]. The van der Waals surface area contributed by atoms with Gasteiger partial charge in [-0.15, -0.1) is 0 Å². The number of carbonyl (C=O) groups excluding carboxylic acids is 1. The minimum Gasteiger partial charge on any atom is -0.335 e. The summed E-state index contributed by atoms with van der Waals surface area (Å²) < 4.78 is 1.66. The molecule has 1 N–H and O–H groups in total. The maximum absolute atomic E-state index is 12.0. The van der Waals surface area contributed by atoms with Gasteiger partial charge in [0.25, 0.3) is 0 Å². The van der Waals surface area contributed by atoms with Crippen LogP contribution in [0.3, 0.4) is 0 Å². The Morgan fingerprint density at radius 2 is 1.76 bits per heavy atom. The van der Waals surface area contributed by atoms with Crippen LogP contribution < -0.4 is 5.32 Å². The van der Waals surface area contributed by atoms with Crippen LogP contribution in [0, 0.1) is 0 Å². The van der Waals surface area contributed by atoms with Crippen LogP contribution in [0.25, 0.3) is 10.8 Å². The van der Waals surface area contributed by atoms with Gasteiger partial charge in [-0.25, -0.2) is 4.79 Å². The molecule has 0 saturated heterocycles. The second-order valence-corrected chi connectivity index (χ2v) is 4.73. The first-order valence-electron chi connectivity index (χ1n) is 6.20. The van der Waals surface area contributed by atoms with E-state index in [4.69, 9.17) is 0 Å². The van der Waals surface area contributed by atoms with Gasteiger partial charge in [0.05, 0.1) is 0 Å². The van der Waals surface area contributed by atoms with Crippen LogP contribution >= 0.6 is 0 Å². The van der Waals surface area contributed by atoms with Crippen LogP contribution in [0.5, 0.6) is 0 Å². The van der Waals surface area contributed by atoms with E-state index in [0.29, 0.717) is 6.04 Å². The van der Waals surface area contributed by atoms with Crippen molar-refractivity contribution in [3.8, 4) is 0 Å². The van der Waals surface area contributed by atoms with Crippen molar-refractivity contribution in [1.29, 1.82) is 0 Å². The summed E-state index contributed by atoms with van der Waals surface area (Å²) in [5.74, 6) is 0. The molecule has 0 unspecified atom stereocenters. The Hall–Kier alpha value is -1.77. The Morgan fingerprint density at radius 3 is 2.35 bits per heavy atom. The number of hydrogen-bond donors (Lipinski definition) is 1. The zero-order valence-corrected chi connectivity index (χ0v) is 9.73. The standard InChI is InChI=1S/C14H16N2O/c17-14(15-13-7-3-4-8-13)16-9-11-5-1-2-6-12(11)10-16/h1-2,5-6,9-10,13H,3-4,7-8H2,(H,15,17)/p+1. The first-order valence-corrected chi connectivity index (χ1v) is 6.20. The van der Waals surface area contributed by atoms with Crippen molar-refractivity contribution in [1.82, 2.24) is 9.88 Å². The average Bonchev–Trinajstić information content (AvgIpc) is 2.96. The molecule has 2 aromatic rings. The summed E-state index contributed by atoms with van der Waals surface area (Å²) in [7, 11) is 0. The number of hydrogen-bond acceptors (Lipinski definition) is 1. The molecule has 1 aliphatic rings. The molecule has 1 fully saturated rings. The fourth-order valence-corrected chi connectivity index (χ4v) is 2.52. The summed E-state index contributed by atoms with van der Waals surface area (Å²) >= 11 is 0. The van der Waals surface area contributed by atoms with Crippen LogP contribution in [0.1, 0.15) is 27.1 Å². The average molecular weight is 229 g/mol. The number of amides is 1. The number of nitrogens with one attached hydrogen (secondary N) is 1. The van der Waals surface area contributed by atoms with Gasteiger partial charge in [0.2, 0.25) is 0 Å². The van der Waals surface area contributed by atoms with Crippen LogP contribution in [0.4, 0.5) is 4.79 Å². The Labute approximate surface area is 102 Å². The van der Waals surface area contributed by atoms with Crippen LogP contribution in [0.15, 0.2) is 36.7 Å². The van der Waals surface area contributed by atoms with Crippen molar-refractivity contribution in [3.63, 3.8) is 0 Å². The van der Waals surface area contributed by atoms with Gasteiger partial charge in [0.1, 0.15) is 0 Å². The molecule has 3 heteroatoms. The minimum absolute atomic E-state index is 0. The molecule has 0 aliphatic heterocycles. The molecular weight excluding hydrogens is 212 g/mol. The summed E-state index contributed by atoms with van der Waals surface area (Å²) in [6.07, 6.45) is 8.48. The smallest absolute Gasteiger partial charge is 0.335 e. The molecule has 1 amide bonds. The normalized spacial score (nSPS) is 16.5. The first kappa shape index (κ1) is 10.4. The lowest BCUT2D eigenvalue weighted by Gasteiger charge is -2.11. The fraction of sp³-hybridized carbons (Fsp3) is 0.357. The van der Waals surface area contributed by atoms with E-state index in [0.717, 1.165) is 23.6 Å². The Balaban J connectivity index is 0.00000120. The highest BCUT2D eigenvalue weighted by Gasteiger charge is 2.17. The topological polar surface area (TPSA) is 34.0 Å². The predicted molar refractivity (Wildman–Crippen MR) is 69.2 cm³/mol.